The lowest BCUT2D eigenvalue weighted by atomic mass is 9.77. The minimum Gasteiger partial charge on any atom is -0.458 e. The number of ether oxygens (including phenoxy) is 1. The lowest BCUT2D eigenvalue weighted by Crippen LogP contribution is -2.40. The Hall–Kier alpha value is -1.05. The summed E-state index contributed by atoms with van der Waals surface area (Å²) in [7, 11) is 0. The summed E-state index contributed by atoms with van der Waals surface area (Å²) in [6.45, 7) is 5.33. The van der Waals surface area contributed by atoms with Crippen molar-refractivity contribution in [3.63, 3.8) is 0 Å². The van der Waals surface area contributed by atoms with E-state index in [0.29, 0.717) is 23.3 Å². The van der Waals surface area contributed by atoms with Crippen molar-refractivity contribution in [3.05, 3.63) is 24.3 Å². The van der Waals surface area contributed by atoms with Gasteiger partial charge in [0, 0.05) is 17.4 Å². The highest BCUT2D eigenvalue weighted by atomic mass is 16.5. The van der Waals surface area contributed by atoms with Gasteiger partial charge < -0.3 is 4.74 Å². The Morgan fingerprint density at radius 3 is 2.87 bits per heavy atom. The first-order valence-corrected chi connectivity index (χ1v) is 5.71. The smallest absolute Gasteiger partial charge is 0.333 e. The molecule has 0 amide bonds. The van der Waals surface area contributed by atoms with E-state index in [0.717, 1.165) is 5.92 Å². The third kappa shape index (κ3) is 1.14. The first-order valence-electron chi connectivity index (χ1n) is 5.71. The summed E-state index contributed by atoms with van der Waals surface area (Å²) in [6.07, 6.45) is 7.24. The molecule has 3 fully saturated rings. The van der Waals surface area contributed by atoms with Gasteiger partial charge in [-0.2, -0.15) is 0 Å². The van der Waals surface area contributed by atoms with E-state index in [4.69, 9.17) is 4.74 Å². The van der Waals surface area contributed by atoms with Crippen molar-refractivity contribution in [3.8, 4) is 0 Å². The van der Waals surface area contributed by atoms with Gasteiger partial charge in [0.2, 0.25) is 0 Å². The summed E-state index contributed by atoms with van der Waals surface area (Å²) in [4.78, 5) is 11.4. The maximum Gasteiger partial charge on any atom is 0.333 e. The second-order valence-corrected chi connectivity index (χ2v) is 5.12. The zero-order chi connectivity index (χ0) is 10.6. The fraction of sp³-hybridized carbons (Fsp3) is 0.615. The van der Waals surface area contributed by atoms with Crippen LogP contribution in [0.2, 0.25) is 0 Å². The first kappa shape index (κ1) is 9.20. The molecule has 80 valence electrons. The molecule has 0 aliphatic heterocycles. The van der Waals surface area contributed by atoms with Crippen molar-refractivity contribution in [2.24, 2.45) is 23.7 Å². The predicted octanol–water partition coefficient (Wildman–Crippen LogP) is 2.32. The molecule has 4 aliphatic carbocycles. The van der Waals surface area contributed by atoms with Gasteiger partial charge in [0.25, 0.3) is 0 Å². The Morgan fingerprint density at radius 1 is 1.40 bits per heavy atom. The minimum atomic E-state index is -0.210. The van der Waals surface area contributed by atoms with Gasteiger partial charge in [-0.15, -0.1) is 0 Å². The summed E-state index contributed by atoms with van der Waals surface area (Å²) in [5, 5.41) is 0. The van der Waals surface area contributed by atoms with Gasteiger partial charge >= 0.3 is 5.97 Å². The highest BCUT2D eigenvalue weighted by Crippen LogP contribution is 2.61. The number of esters is 1. The van der Waals surface area contributed by atoms with Crippen LogP contribution in [-0.2, 0) is 9.53 Å². The molecule has 0 N–H and O–H groups in total. The molecule has 0 saturated heterocycles. The quantitative estimate of drug-likeness (QED) is 0.392. The van der Waals surface area contributed by atoms with E-state index in [1.165, 1.54) is 12.8 Å². The second-order valence-electron chi connectivity index (χ2n) is 5.12. The molecule has 4 rings (SSSR count). The van der Waals surface area contributed by atoms with Crippen LogP contribution < -0.4 is 0 Å². The average Bonchev–Trinajstić information content (AvgIpc) is 2.75. The molecule has 0 heterocycles. The van der Waals surface area contributed by atoms with Crippen LogP contribution in [0.25, 0.3) is 0 Å². The number of carbonyl (C=O) groups excluding carboxylic acids is 1. The van der Waals surface area contributed by atoms with Crippen LogP contribution in [0.1, 0.15) is 19.8 Å². The molecule has 4 aliphatic rings. The number of hydrogen-bond donors (Lipinski definition) is 0. The molecule has 15 heavy (non-hydrogen) atoms. The second kappa shape index (κ2) is 2.97. The molecule has 0 radical (unpaired) electrons. The fourth-order valence-electron chi connectivity index (χ4n) is 3.51. The molecule has 2 heteroatoms. The summed E-state index contributed by atoms with van der Waals surface area (Å²) in [5.74, 6) is 2.47. The molecule has 2 bridgehead atoms. The van der Waals surface area contributed by atoms with E-state index in [1.807, 2.05) is 0 Å². The minimum absolute atomic E-state index is 0.189. The van der Waals surface area contributed by atoms with Crippen LogP contribution in [0, 0.1) is 23.7 Å². The summed E-state index contributed by atoms with van der Waals surface area (Å²) in [5.41, 5.74) is 0.516. The molecule has 0 aromatic heterocycles. The van der Waals surface area contributed by atoms with Crippen molar-refractivity contribution >= 4 is 5.97 Å². The largest absolute Gasteiger partial charge is 0.458 e. The SMILES string of the molecule is C=C(C)C(=O)OC1C2CC1C1CC=CC12. The molecule has 0 aromatic rings. The van der Waals surface area contributed by atoms with Gasteiger partial charge in [-0.05, 0) is 31.6 Å². The van der Waals surface area contributed by atoms with Crippen molar-refractivity contribution in [1.82, 2.24) is 0 Å². The summed E-state index contributed by atoms with van der Waals surface area (Å²) in [6, 6.07) is 0. The average molecular weight is 204 g/mol. The molecular formula is C13H16O2. The molecule has 5 atom stereocenters. The maximum atomic E-state index is 11.4. The van der Waals surface area contributed by atoms with Gasteiger partial charge in [-0.25, -0.2) is 4.79 Å². The molecule has 0 aromatic carbocycles. The number of rotatable bonds is 2. The number of allylic oxidation sites excluding steroid dienone is 2. The van der Waals surface area contributed by atoms with Crippen molar-refractivity contribution in [2.75, 3.05) is 0 Å². The standard InChI is InChI=1S/C13H16O2/c1-7(2)13(14)15-12-10-6-11(12)9-5-3-4-8(9)10/h3-4,8-12H,1,5-6H2,2H3. The monoisotopic (exact) mass is 204 g/mol. The van der Waals surface area contributed by atoms with Crippen molar-refractivity contribution < 1.29 is 9.53 Å². The lowest BCUT2D eigenvalue weighted by Gasteiger charge is -2.36. The number of hydrogen-bond acceptors (Lipinski definition) is 2. The van der Waals surface area contributed by atoms with E-state index in [-0.39, 0.29) is 12.1 Å². The molecular weight excluding hydrogens is 188 g/mol. The summed E-state index contributed by atoms with van der Waals surface area (Å²) < 4.78 is 5.50. The zero-order valence-electron chi connectivity index (χ0n) is 8.98. The zero-order valence-corrected chi connectivity index (χ0v) is 8.98. The predicted molar refractivity (Wildman–Crippen MR) is 57.0 cm³/mol. The first-order chi connectivity index (χ1) is 7.18. The van der Waals surface area contributed by atoms with Crippen LogP contribution >= 0.6 is 0 Å². The van der Waals surface area contributed by atoms with E-state index < -0.39 is 0 Å². The Balaban J connectivity index is 1.70. The van der Waals surface area contributed by atoms with Crippen molar-refractivity contribution in [1.29, 1.82) is 0 Å². The van der Waals surface area contributed by atoms with Crippen molar-refractivity contribution in [2.45, 2.75) is 25.9 Å². The topological polar surface area (TPSA) is 26.3 Å². The van der Waals surface area contributed by atoms with Crippen LogP contribution in [0.4, 0.5) is 0 Å². The third-order valence-corrected chi connectivity index (χ3v) is 4.29. The van der Waals surface area contributed by atoms with E-state index >= 15 is 0 Å². The Morgan fingerprint density at radius 2 is 2.20 bits per heavy atom. The van der Waals surface area contributed by atoms with E-state index in [9.17, 15) is 4.79 Å². The Labute approximate surface area is 90.0 Å². The lowest BCUT2D eigenvalue weighted by molar-refractivity contribution is -0.156. The highest BCUT2D eigenvalue weighted by molar-refractivity contribution is 5.87. The van der Waals surface area contributed by atoms with Crippen LogP contribution in [0.3, 0.4) is 0 Å². The van der Waals surface area contributed by atoms with Crippen LogP contribution in [-0.4, -0.2) is 12.1 Å². The molecule has 0 spiro atoms. The third-order valence-electron chi connectivity index (χ3n) is 4.29. The Kier molecular flexibility index (Phi) is 1.82. The maximum absolute atomic E-state index is 11.4. The van der Waals surface area contributed by atoms with Crippen LogP contribution in [0.15, 0.2) is 24.3 Å². The van der Waals surface area contributed by atoms with E-state index in [1.54, 1.807) is 6.92 Å². The van der Waals surface area contributed by atoms with Gasteiger partial charge in [0.15, 0.2) is 0 Å². The van der Waals surface area contributed by atoms with Gasteiger partial charge in [-0.3, -0.25) is 0 Å². The fourth-order valence-corrected chi connectivity index (χ4v) is 3.51. The highest BCUT2D eigenvalue weighted by Gasteiger charge is 2.60. The van der Waals surface area contributed by atoms with E-state index in [2.05, 4.69) is 18.7 Å². The number of carbonyl (C=O) groups is 1. The summed E-state index contributed by atoms with van der Waals surface area (Å²) >= 11 is 0. The van der Waals surface area contributed by atoms with Crippen LogP contribution in [0.5, 0.6) is 0 Å². The van der Waals surface area contributed by atoms with Gasteiger partial charge in [0.05, 0.1) is 0 Å². The normalized spacial score (nSPS) is 44.7. The van der Waals surface area contributed by atoms with Gasteiger partial charge in [0.1, 0.15) is 6.10 Å². The molecule has 3 saturated carbocycles. The molecule has 5 unspecified atom stereocenters. The molecule has 2 nitrogen and oxygen atoms in total. The van der Waals surface area contributed by atoms with Gasteiger partial charge in [-0.1, -0.05) is 18.7 Å². The Bertz CT molecular complexity index is 356.